The fourth-order valence-corrected chi connectivity index (χ4v) is 5.67. The van der Waals surface area contributed by atoms with Gasteiger partial charge in [-0.3, -0.25) is 19.2 Å². The highest BCUT2D eigenvalue weighted by molar-refractivity contribution is 8.07. The smallest absolute Gasteiger partial charge is 0.382 e. The van der Waals surface area contributed by atoms with Crippen molar-refractivity contribution >= 4 is 24.2 Å². The first-order valence-electron chi connectivity index (χ1n) is 13.1. The van der Waals surface area contributed by atoms with Crippen LogP contribution in [-0.2, 0) is 38.4 Å². The maximum atomic E-state index is 10.9. The van der Waals surface area contributed by atoms with E-state index in [-0.39, 0.29) is 25.2 Å². The molecular formula is C29H37N2O8PS. The summed E-state index contributed by atoms with van der Waals surface area (Å²) in [5, 5.41) is 10.9. The van der Waals surface area contributed by atoms with Crippen LogP contribution in [0.2, 0.25) is 0 Å². The van der Waals surface area contributed by atoms with Gasteiger partial charge in [0.1, 0.15) is 30.0 Å². The quantitative estimate of drug-likeness (QED) is 0.0741. The molecule has 0 radical (unpaired) electrons. The highest BCUT2D eigenvalue weighted by Crippen LogP contribution is 2.50. The van der Waals surface area contributed by atoms with Gasteiger partial charge in [0.15, 0.2) is 6.79 Å². The number of non-ortho nitro benzene ring substituents is 1. The van der Waals surface area contributed by atoms with Gasteiger partial charge in [-0.25, -0.2) is 0 Å². The summed E-state index contributed by atoms with van der Waals surface area (Å²) in [7, 11) is 5.56. The Labute approximate surface area is 246 Å². The molecule has 12 heteroatoms. The number of hydrogen-bond donors (Lipinski definition) is 0. The number of methoxy groups -OCH3 is 1. The highest BCUT2D eigenvalue weighted by atomic mass is 32.5. The Hall–Kier alpha value is -3.05. The van der Waals surface area contributed by atoms with Crippen molar-refractivity contribution < 1.29 is 32.7 Å². The predicted molar refractivity (Wildman–Crippen MR) is 161 cm³/mol. The highest BCUT2D eigenvalue weighted by Gasteiger charge is 2.24. The van der Waals surface area contributed by atoms with E-state index in [0.717, 1.165) is 29.9 Å². The van der Waals surface area contributed by atoms with E-state index in [1.54, 1.807) is 14.0 Å². The number of nitro groups is 1. The number of likely N-dealkylation sites (N-methyl/N-ethyl adjacent to an activating group) is 1. The van der Waals surface area contributed by atoms with Crippen LogP contribution in [0.15, 0.2) is 72.8 Å². The van der Waals surface area contributed by atoms with E-state index >= 15 is 0 Å². The maximum absolute atomic E-state index is 10.9. The number of ether oxygens (including phenoxy) is 3. The third-order valence-corrected chi connectivity index (χ3v) is 8.14. The van der Waals surface area contributed by atoms with Crippen molar-refractivity contribution in [1.82, 2.24) is 4.90 Å². The first-order valence-corrected chi connectivity index (χ1v) is 15.7. The maximum Gasteiger partial charge on any atom is 0.382 e. The zero-order chi connectivity index (χ0) is 29.7. The van der Waals surface area contributed by atoms with Gasteiger partial charge in [-0.1, -0.05) is 30.3 Å². The summed E-state index contributed by atoms with van der Waals surface area (Å²) in [6.07, 6.45) is 1.32. The van der Waals surface area contributed by atoms with Crippen molar-refractivity contribution in [1.29, 1.82) is 0 Å². The van der Waals surface area contributed by atoms with E-state index in [9.17, 15) is 10.1 Å². The second kappa shape index (κ2) is 16.4. The lowest BCUT2D eigenvalue weighted by Crippen LogP contribution is -2.34. The Morgan fingerprint density at radius 1 is 0.976 bits per heavy atom. The Bertz CT molecular complexity index is 1290. The van der Waals surface area contributed by atoms with Gasteiger partial charge in [-0.2, -0.15) is 0 Å². The Morgan fingerprint density at radius 2 is 1.73 bits per heavy atom. The van der Waals surface area contributed by atoms with Crippen LogP contribution in [0.3, 0.4) is 0 Å². The van der Waals surface area contributed by atoms with E-state index < -0.39 is 11.6 Å². The zero-order valence-electron chi connectivity index (χ0n) is 23.8. The zero-order valence-corrected chi connectivity index (χ0v) is 25.5. The van der Waals surface area contributed by atoms with Crippen LogP contribution in [0, 0.1) is 10.1 Å². The molecule has 0 N–H and O–H groups in total. The fourth-order valence-electron chi connectivity index (χ4n) is 3.90. The van der Waals surface area contributed by atoms with Crippen LogP contribution < -0.4 is 14.0 Å². The van der Waals surface area contributed by atoms with E-state index in [2.05, 4.69) is 12.1 Å². The first-order chi connectivity index (χ1) is 19.7. The van der Waals surface area contributed by atoms with E-state index in [4.69, 9.17) is 39.6 Å². The largest absolute Gasteiger partial charge is 0.497 e. The molecule has 0 bridgehead atoms. The predicted octanol–water partition coefficient (Wildman–Crippen LogP) is 6.03. The number of para-hydroxylation sites is 1. The fraction of sp³-hybridized carbons (Fsp3) is 0.379. The summed E-state index contributed by atoms with van der Waals surface area (Å²) in [5.41, 5.74) is 2.23. The number of hydrogen-bond acceptors (Lipinski definition) is 10. The van der Waals surface area contributed by atoms with Crippen molar-refractivity contribution in [3.05, 3.63) is 94.0 Å². The molecule has 2 atom stereocenters. The first kappa shape index (κ1) is 32.5. The van der Waals surface area contributed by atoms with Gasteiger partial charge in [-0.15, -0.1) is 0 Å². The molecule has 0 fully saturated rings. The molecule has 0 aromatic heterocycles. The molecule has 3 aromatic rings. The standard InChI is InChI=1S/C29H37N2O8PS/c1-5-37-40(41,39-26-17-15-25(16-18-26)31(32)33)38-22-36-28(20-30(2)3)21-35-29-12-7-6-10-24(29)14-13-23-9-8-11-27(19-23)34-4/h6-12,15-19,28H,5,13-14,20-22H2,1-4H3/t28-,40?/m1/s1. The van der Waals surface area contributed by atoms with Gasteiger partial charge < -0.3 is 23.6 Å². The molecule has 0 aliphatic carbocycles. The molecule has 0 saturated heterocycles. The van der Waals surface area contributed by atoms with Crippen LogP contribution in [0.1, 0.15) is 18.1 Å². The van der Waals surface area contributed by atoms with Crippen molar-refractivity contribution in [3.63, 3.8) is 0 Å². The molecule has 41 heavy (non-hydrogen) atoms. The average Bonchev–Trinajstić information content (AvgIpc) is 2.95. The molecule has 0 amide bonds. The van der Waals surface area contributed by atoms with Crippen LogP contribution in [-0.4, -0.2) is 63.7 Å². The molecule has 3 aromatic carbocycles. The molecule has 1 unspecified atom stereocenters. The number of rotatable bonds is 18. The number of nitrogens with zero attached hydrogens (tertiary/aromatic N) is 2. The van der Waals surface area contributed by atoms with Crippen LogP contribution >= 0.6 is 6.72 Å². The Balaban J connectivity index is 1.58. The summed E-state index contributed by atoms with van der Waals surface area (Å²) >= 11 is 5.53. The lowest BCUT2D eigenvalue weighted by Gasteiger charge is -2.25. The number of nitro benzene ring substituents is 1. The summed E-state index contributed by atoms with van der Waals surface area (Å²) in [5.74, 6) is 1.95. The second-order valence-corrected chi connectivity index (χ2v) is 12.2. The van der Waals surface area contributed by atoms with Gasteiger partial charge >= 0.3 is 6.72 Å². The van der Waals surface area contributed by atoms with Gasteiger partial charge in [0.2, 0.25) is 0 Å². The third kappa shape index (κ3) is 11.0. The number of aryl methyl sites for hydroxylation is 2. The minimum atomic E-state index is -3.22. The van der Waals surface area contributed by atoms with Gasteiger partial charge in [-0.05, 0) is 75.3 Å². The molecule has 0 aliphatic heterocycles. The van der Waals surface area contributed by atoms with E-state index in [1.807, 2.05) is 55.4 Å². The lowest BCUT2D eigenvalue weighted by molar-refractivity contribution is -0.384. The van der Waals surface area contributed by atoms with E-state index in [1.165, 1.54) is 29.8 Å². The van der Waals surface area contributed by atoms with Gasteiger partial charge in [0.25, 0.3) is 5.69 Å². The van der Waals surface area contributed by atoms with Crippen molar-refractivity contribution in [2.45, 2.75) is 25.9 Å². The summed E-state index contributed by atoms with van der Waals surface area (Å²) in [4.78, 5) is 12.4. The van der Waals surface area contributed by atoms with Crippen molar-refractivity contribution in [2.75, 3.05) is 47.8 Å². The van der Waals surface area contributed by atoms with Crippen LogP contribution in [0.25, 0.3) is 0 Å². The molecular weight excluding hydrogens is 567 g/mol. The van der Waals surface area contributed by atoms with Crippen molar-refractivity contribution in [2.24, 2.45) is 0 Å². The SMILES string of the molecule is CCOP(=S)(OCO[C@@H](COc1ccccc1CCc1cccc(OC)c1)CN(C)C)Oc1ccc([N+](=O)[O-])cc1. The molecule has 10 nitrogen and oxygen atoms in total. The molecule has 0 saturated carbocycles. The van der Waals surface area contributed by atoms with E-state index in [0.29, 0.717) is 18.9 Å². The molecule has 3 rings (SSSR count). The molecule has 0 heterocycles. The van der Waals surface area contributed by atoms with Gasteiger partial charge in [0, 0.05) is 30.5 Å². The topological polar surface area (TPSA) is 102 Å². The summed E-state index contributed by atoms with van der Waals surface area (Å²) in [6, 6.07) is 21.6. The summed E-state index contributed by atoms with van der Waals surface area (Å²) in [6.45, 7) is -0.490. The Morgan fingerprint density at radius 3 is 2.41 bits per heavy atom. The normalized spacial score (nSPS) is 13.4. The minimum absolute atomic E-state index is 0.0558. The van der Waals surface area contributed by atoms with Gasteiger partial charge in [0.05, 0.1) is 18.6 Å². The van der Waals surface area contributed by atoms with Crippen LogP contribution in [0.4, 0.5) is 5.69 Å². The molecule has 0 aliphatic rings. The van der Waals surface area contributed by atoms with Crippen LogP contribution in [0.5, 0.6) is 17.2 Å². The molecule has 0 spiro atoms. The lowest BCUT2D eigenvalue weighted by atomic mass is 10.0. The minimum Gasteiger partial charge on any atom is -0.497 e. The molecule has 222 valence electrons. The summed E-state index contributed by atoms with van der Waals surface area (Å²) < 4.78 is 34.8. The monoisotopic (exact) mass is 604 g/mol. The average molecular weight is 605 g/mol. The second-order valence-electron chi connectivity index (χ2n) is 9.28. The number of benzene rings is 3. The van der Waals surface area contributed by atoms with Crippen molar-refractivity contribution in [3.8, 4) is 17.2 Å². The third-order valence-electron chi connectivity index (χ3n) is 5.85. The Kier molecular flexibility index (Phi) is 13.0.